The van der Waals surface area contributed by atoms with E-state index in [2.05, 4.69) is 10.3 Å². The highest BCUT2D eigenvalue weighted by molar-refractivity contribution is 6.29. The fourth-order valence-electron chi connectivity index (χ4n) is 1.21. The Morgan fingerprint density at radius 2 is 2.20 bits per heavy atom. The van der Waals surface area contributed by atoms with E-state index >= 15 is 0 Å². The lowest BCUT2D eigenvalue weighted by Crippen LogP contribution is -2.32. The molecule has 0 aliphatic carbocycles. The maximum absolute atomic E-state index is 8.89. The number of halogens is 1. The van der Waals surface area contributed by atoms with Crippen molar-refractivity contribution in [3.8, 4) is 0 Å². The van der Waals surface area contributed by atoms with Gasteiger partial charge in [0.2, 0.25) is 0 Å². The zero-order chi connectivity index (χ0) is 11.5. The van der Waals surface area contributed by atoms with Crippen molar-refractivity contribution in [2.45, 2.75) is 25.8 Å². The quantitative estimate of drug-likeness (QED) is 0.690. The molecule has 4 nitrogen and oxygen atoms in total. The molecule has 0 aromatic carbocycles. The molecule has 0 bridgehead atoms. The third kappa shape index (κ3) is 3.57. The maximum atomic E-state index is 8.89. The number of hydrogen-bond acceptors (Lipinski definition) is 4. The minimum atomic E-state index is -0.263. The first-order chi connectivity index (χ1) is 6.94. The molecule has 0 saturated carbocycles. The van der Waals surface area contributed by atoms with Crippen molar-refractivity contribution in [2.75, 3.05) is 17.7 Å². The van der Waals surface area contributed by atoms with Gasteiger partial charge in [0, 0.05) is 12.1 Å². The molecule has 0 saturated heterocycles. The standard InChI is InChI=1S/C10H16ClN3O/c1-10(2,5-6-15)14-9-7(12)3-4-8(11)13-9/h3-4,15H,5-6,12H2,1-2H3,(H,13,14). The molecule has 5 heteroatoms. The molecule has 0 aliphatic rings. The van der Waals surface area contributed by atoms with E-state index in [4.69, 9.17) is 22.4 Å². The predicted octanol–water partition coefficient (Wildman–Crippen LogP) is 1.89. The van der Waals surface area contributed by atoms with Gasteiger partial charge in [0.05, 0.1) is 5.69 Å². The Labute approximate surface area is 94.5 Å². The van der Waals surface area contributed by atoms with E-state index in [0.717, 1.165) is 0 Å². The van der Waals surface area contributed by atoms with Crippen LogP contribution in [-0.4, -0.2) is 22.2 Å². The minimum absolute atomic E-state index is 0.112. The van der Waals surface area contributed by atoms with Crippen LogP contribution in [0.5, 0.6) is 0 Å². The average Bonchev–Trinajstić information content (AvgIpc) is 2.10. The summed E-state index contributed by atoms with van der Waals surface area (Å²) in [5, 5.41) is 12.4. The van der Waals surface area contributed by atoms with Gasteiger partial charge in [0.25, 0.3) is 0 Å². The Hall–Kier alpha value is -1.00. The second-order valence-electron chi connectivity index (χ2n) is 4.05. The van der Waals surface area contributed by atoms with Crippen LogP contribution in [0.3, 0.4) is 0 Å². The summed E-state index contributed by atoms with van der Waals surface area (Å²) in [7, 11) is 0. The van der Waals surface area contributed by atoms with E-state index < -0.39 is 0 Å². The first-order valence-corrected chi connectivity index (χ1v) is 5.13. The Kier molecular flexibility index (Phi) is 3.77. The first kappa shape index (κ1) is 12.1. The van der Waals surface area contributed by atoms with E-state index in [1.165, 1.54) is 0 Å². The van der Waals surface area contributed by atoms with E-state index in [9.17, 15) is 0 Å². The van der Waals surface area contributed by atoms with Crippen LogP contribution in [-0.2, 0) is 0 Å². The van der Waals surface area contributed by atoms with Gasteiger partial charge in [0.15, 0.2) is 5.82 Å². The second-order valence-corrected chi connectivity index (χ2v) is 4.44. The van der Waals surface area contributed by atoms with E-state index in [1.54, 1.807) is 12.1 Å². The van der Waals surface area contributed by atoms with Gasteiger partial charge < -0.3 is 16.2 Å². The summed E-state index contributed by atoms with van der Waals surface area (Å²) in [4.78, 5) is 4.09. The summed E-state index contributed by atoms with van der Waals surface area (Å²) in [5.41, 5.74) is 6.03. The number of pyridine rings is 1. The largest absolute Gasteiger partial charge is 0.396 e. The van der Waals surface area contributed by atoms with Crippen LogP contribution in [0.15, 0.2) is 12.1 Å². The SMILES string of the molecule is CC(C)(CCO)Nc1nc(Cl)ccc1N. The monoisotopic (exact) mass is 229 g/mol. The molecule has 0 unspecified atom stereocenters. The van der Waals surface area contributed by atoms with Gasteiger partial charge in [-0.15, -0.1) is 0 Å². The summed E-state index contributed by atoms with van der Waals surface area (Å²) in [6, 6.07) is 3.34. The molecule has 0 amide bonds. The van der Waals surface area contributed by atoms with Crippen molar-refractivity contribution in [3.05, 3.63) is 17.3 Å². The summed E-state index contributed by atoms with van der Waals surface area (Å²) in [5.74, 6) is 0.556. The lowest BCUT2D eigenvalue weighted by Gasteiger charge is -2.26. The molecule has 0 fully saturated rings. The number of aliphatic hydroxyl groups is 1. The predicted molar refractivity (Wildman–Crippen MR) is 63.1 cm³/mol. The molecular formula is C10H16ClN3O. The zero-order valence-corrected chi connectivity index (χ0v) is 9.67. The number of nitrogens with zero attached hydrogens (tertiary/aromatic N) is 1. The number of aliphatic hydroxyl groups excluding tert-OH is 1. The molecule has 0 aliphatic heterocycles. The lowest BCUT2D eigenvalue weighted by atomic mass is 10.0. The normalized spacial score (nSPS) is 11.5. The summed E-state index contributed by atoms with van der Waals surface area (Å²) >= 11 is 5.77. The van der Waals surface area contributed by atoms with Crippen LogP contribution in [0.1, 0.15) is 20.3 Å². The van der Waals surface area contributed by atoms with Crippen molar-refractivity contribution < 1.29 is 5.11 Å². The minimum Gasteiger partial charge on any atom is -0.396 e. The van der Waals surface area contributed by atoms with E-state index in [1.807, 2.05) is 13.8 Å². The molecule has 0 spiro atoms. The van der Waals surface area contributed by atoms with Crippen LogP contribution in [0.2, 0.25) is 5.15 Å². The van der Waals surface area contributed by atoms with Gasteiger partial charge in [-0.05, 0) is 32.4 Å². The molecule has 4 N–H and O–H groups in total. The maximum Gasteiger partial charge on any atom is 0.151 e. The van der Waals surface area contributed by atoms with Crippen LogP contribution in [0.25, 0.3) is 0 Å². The number of aromatic nitrogens is 1. The Morgan fingerprint density at radius 3 is 2.80 bits per heavy atom. The van der Waals surface area contributed by atoms with Crippen molar-refractivity contribution in [3.63, 3.8) is 0 Å². The number of nitrogens with one attached hydrogen (secondary N) is 1. The number of nitrogens with two attached hydrogens (primary N) is 1. The van der Waals surface area contributed by atoms with Crippen LogP contribution in [0, 0.1) is 0 Å². The third-order valence-electron chi connectivity index (χ3n) is 2.09. The van der Waals surface area contributed by atoms with Crippen molar-refractivity contribution in [1.82, 2.24) is 4.98 Å². The van der Waals surface area contributed by atoms with Crippen molar-refractivity contribution in [1.29, 1.82) is 0 Å². The summed E-state index contributed by atoms with van der Waals surface area (Å²) in [6.45, 7) is 4.04. The average molecular weight is 230 g/mol. The smallest absolute Gasteiger partial charge is 0.151 e. The summed E-state index contributed by atoms with van der Waals surface area (Å²) < 4.78 is 0. The fourth-order valence-corrected chi connectivity index (χ4v) is 1.36. The number of anilines is 2. The number of hydrogen-bond donors (Lipinski definition) is 3. The topological polar surface area (TPSA) is 71.2 Å². The summed E-state index contributed by atoms with van der Waals surface area (Å²) in [6.07, 6.45) is 0.612. The molecule has 84 valence electrons. The van der Waals surface area contributed by atoms with Gasteiger partial charge in [-0.3, -0.25) is 0 Å². The molecular weight excluding hydrogens is 214 g/mol. The highest BCUT2D eigenvalue weighted by Gasteiger charge is 2.18. The van der Waals surface area contributed by atoms with Gasteiger partial charge in [-0.2, -0.15) is 0 Å². The van der Waals surface area contributed by atoms with E-state index in [0.29, 0.717) is 23.1 Å². The molecule has 0 atom stereocenters. The van der Waals surface area contributed by atoms with E-state index in [-0.39, 0.29) is 12.1 Å². The zero-order valence-electron chi connectivity index (χ0n) is 8.92. The number of nitrogen functional groups attached to an aromatic ring is 1. The van der Waals surface area contributed by atoms with Crippen molar-refractivity contribution in [2.24, 2.45) is 0 Å². The molecule has 15 heavy (non-hydrogen) atoms. The molecule has 1 aromatic heterocycles. The van der Waals surface area contributed by atoms with Gasteiger partial charge in [-0.1, -0.05) is 11.6 Å². The Morgan fingerprint density at radius 1 is 1.53 bits per heavy atom. The van der Waals surface area contributed by atoms with Gasteiger partial charge in [0.1, 0.15) is 5.15 Å². The second kappa shape index (κ2) is 4.68. The highest BCUT2D eigenvalue weighted by Crippen LogP contribution is 2.23. The van der Waals surface area contributed by atoms with Crippen LogP contribution in [0.4, 0.5) is 11.5 Å². The van der Waals surface area contributed by atoms with Crippen LogP contribution >= 0.6 is 11.6 Å². The molecule has 1 rings (SSSR count). The third-order valence-corrected chi connectivity index (χ3v) is 2.30. The molecule has 0 radical (unpaired) electrons. The Bertz CT molecular complexity index is 341. The highest BCUT2D eigenvalue weighted by atomic mass is 35.5. The fraction of sp³-hybridized carbons (Fsp3) is 0.500. The number of rotatable bonds is 4. The van der Waals surface area contributed by atoms with Crippen LogP contribution < -0.4 is 11.1 Å². The molecule has 1 aromatic rings. The molecule has 1 heterocycles. The lowest BCUT2D eigenvalue weighted by molar-refractivity contribution is 0.260. The first-order valence-electron chi connectivity index (χ1n) is 4.76. The Balaban J connectivity index is 2.83. The van der Waals surface area contributed by atoms with Crippen molar-refractivity contribution >= 4 is 23.1 Å². The van der Waals surface area contributed by atoms with Gasteiger partial charge >= 0.3 is 0 Å². The van der Waals surface area contributed by atoms with Gasteiger partial charge in [-0.25, -0.2) is 4.98 Å².